The second-order valence-electron chi connectivity index (χ2n) is 7.44. The number of ketones is 1. The molecule has 2 rings (SSSR count). The molecule has 0 aliphatic carbocycles. The first-order valence-electron chi connectivity index (χ1n) is 9.88. The molecule has 1 aliphatic heterocycles. The van der Waals surface area contributed by atoms with Crippen molar-refractivity contribution in [2.75, 3.05) is 13.2 Å². The zero-order chi connectivity index (χ0) is 23.1. The highest BCUT2D eigenvalue weighted by atomic mass is 16.5. The van der Waals surface area contributed by atoms with Gasteiger partial charge in [-0.3, -0.25) is 4.79 Å². The molecule has 170 valence electrons. The average Bonchev–Trinajstić information content (AvgIpc) is 2.73. The number of hydrogen-bond donors (Lipinski definition) is 5. The molecule has 1 aromatic carbocycles. The fourth-order valence-corrected chi connectivity index (χ4v) is 2.79. The van der Waals surface area contributed by atoms with Gasteiger partial charge in [0.05, 0.1) is 12.7 Å². The maximum atomic E-state index is 12.7. The molecule has 31 heavy (non-hydrogen) atoms. The van der Waals surface area contributed by atoms with Gasteiger partial charge in [-0.15, -0.1) is 0 Å². The molecule has 5 N–H and O–H groups in total. The van der Waals surface area contributed by atoms with Gasteiger partial charge in [-0.2, -0.15) is 0 Å². The Morgan fingerprint density at radius 3 is 2.58 bits per heavy atom. The monoisotopic (exact) mass is 436 g/mol. The Morgan fingerprint density at radius 2 is 1.90 bits per heavy atom. The fraction of sp³-hybridized carbons (Fsp3) is 0.455. The number of aliphatic hydroxyl groups is 4. The fourth-order valence-electron chi connectivity index (χ4n) is 2.79. The minimum Gasteiger partial charge on any atom is -0.507 e. The molecule has 0 aromatic heterocycles. The lowest BCUT2D eigenvalue weighted by atomic mass is 9.99. The van der Waals surface area contributed by atoms with Crippen LogP contribution in [-0.2, 0) is 9.53 Å². The number of rotatable bonds is 4. The van der Waals surface area contributed by atoms with E-state index in [0.29, 0.717) is 0 Å². The van der Waals surface area contributed by atoms with Crippen LogP contribution in [0.4, 0.5) is 0 Å². The van der Waals surface area contributed by atoms with Gasteiger partial charge in [0.2, 0.25) is 0 Å². The largest absolute Gasteiger partial charge is 0.507 e. The maximum absolute atomic E-state index is 12.7. The molecule has 1 aliphatic rings. The molecule has 9 heteroatoms. The van der Waals surface area contributed by atoms with Crippen LogP contribution in [-0.4, -0.2) is 74.9 Å². The predicted octanol–water partition coefficient (Wildman–Crippen LogP) is 0.570. The third kappa shape index (κ3) is 6.63. The lowest BCUT2D eigenvalue weighted by Crippen LogP contribution is -2.32. The Kier molecular flexibility index (Phi) is 8.76. The Hall–Kier alpha value is -2.72. The number of benzene rings is 1. The number of ether oxygens (including phenoxy) is 2. The summed E-state index contributed by atoms with van der Waals surface area (Å²) >= 11 is 0. The third-order valence-corrected chi connectivity index (χ3v) is 4.91. The number of esters is 1. The van der Waals surface area contributed by atoms with E-state index >= 15 is 0 Å². The highest BCUT2D eigenvalue weighted by Crippen LogP contribution is 2.31. The van der Waals surface area contributed by atoms with E-state index in [1.807, 2.05) is 0 Å². The number of phenolic OH excluding ortho intramolecular Hbond substituents is 1. The molecule has 0 radical (unpaired) electrons. The van der Waals surface area contributed by atoms with E-state index < -0.39 is 48.5 Å². The predicted molar refractivity (Wildman–Crippen MR) is 111 cm³/mol. The maximum Gasteiger partial charge on any atom is 0.342 e. The van der Waals surface area contributed by atoms with Crippen molar-refractivity contribution in [3.8, 4) is 11.5 Å². The standard InChI is InChI=1S/C22H28O9/c1-12-6-7-18(26)21(28)17(25)5-3-4-14-8-16(30-11-15(24)10-23)9-19(27)20(14)22(29)31-13(12)2/h3-4,6-9,12-13,15,17,21,23-25,27-28H,5,10-11H2,1-2H3/b4-3+,7-6-/t12-,13+,15?,17+,21?/m1/s1. The zero-order valence-corrected chi connectivity index (χ0v) is 17.3. The molecule has 0 bridgehead atoms. The second-order valence-corrected chi connectivity index (χ2v) is 7.44. The summed E-state index contributed by atoms with van der Waals surface area (Å²) in [7, 11) is 0. The molecular weight excluding hydrogens is 408 g/mol. The molecule has 0 fully saturated rings. The molecule has 2 unspecified atom stereocenters. The number of fused-ring (bicyclic) bond motifs is 1. The summed E-state index contributed by atoms with van der Waals surface area (Å²) in [6.07, 6.45) is 0.604. The summed E-state index contributed by atoms with van der Waals surface area (Å²) in [6.45, 7) is 2.58. The first-order chi connectivity index (χ1) is 14.6. The smallest absolute Gasteiger partial charge is 0.342 e. The minimum absolute atomic E-state index is 0.101. The number of carbonyl (C=O) groups excluding carboxylic acids is 2. The number of aromatic hydroxyl groups is 1. The molecule has 1 heterocycles. The highest BCUT2D eigenvalue weighted by Gasteiger charge is 2.25. The van der Waals surface area contributed by atoms with Crippen molar-refractivity contribution in [1.82, 2.24) is 0 Å². The van der Waals surface area contributed by atoms with E-state index in [2.05, 4.69) is 0 Å². The molecule has 0 saturated carbocycles. The van der Waals surface area contributed by atoms with E-state index in [1.165, 1.54) is 30.4 Å². The molecule has 9 nitrogen and oxygen atoms in total. The van der Waals surface area contributed by atoms with Crippen LogP contribution in [0.2, 0.25) is 0 Å². The van der Waals surface area contributed by atoms with Gasteiger partial charge in [0.15, 0.2) is 5.78 Å². The normalized spacial score (nSPS) is 28.1. The van der Waals surface area contributed by atoms with E-state index in [0.717, 1.165) is 6.08 Å². The van der Waals surface area contributed by atoms with Crippen LogP contribution in [0.1, 0.15) is 36.2 Å². The molecule has 0 saturated heterocycles. The lowest BCUT2D eigenvalue weighted by molar-refractivity contribution is -0.127. The van der Waals surface area contributed by atoms with E-state index in [4.69, 9.17) is 14.6 Å². The SMILES string of the molecule is C[C@@H]1/C=C\C(=O)C(O)[C@@H](O)C/C=C/c2cc(OCC(O)CO)cc(O)c2C(=O)O[C@H]1C. The van der Waals surface area contributed by atoms with Crippen LogP contribution in [0.15, 0.2) is 30.4 Å². The number of phenols is 1. The Bertz CT molecular complexity index is 846. The van der Waals surface area contributed by atoms with Crippen LogP contribution in [0.5, 0.6) is 11.5 Å². The Morgan fingerprint density at radius 1 is 1.19 bits per heavy atom. The van der Waals surface area contributed by atoms with Gasteiger partial charge in [-0.25, -0.2) is 4.79 Å². The van der Waals surface area contributed by atoms with Crippen molar-refractivity contribution in [2.24, 2.45) is 5.92 Å². The average molecular weight is 436 g/mol. The van der Waals surface area contributed by atoms with Crippen LogP contribution < -0.4 is 4.74 Å². The van der Waals surface area contributed by atoms with Crippen LogP contribution >= 0.6 is 0 Å². The number of hydrogen-bond acceptors (Lipinski definition) is 9. The van der Waals surface area contributed by atoms with Crippen molar-refractivity contribution in [1.29, 1.82) is 0 Å². The van der Waals surface area contributed by atoms with Crippen molar-refractivity contribution in [3.63, 3.8) is 0 Å². The van der Waals surface area contributed by atoms with Gasteiger partial charge >= 0.3 is 5.97 Å². The first kappa shape index (κ1) is 24.5. The summed E-state index contributed by atoms with van der Waals surface area (Å²) in [5.74, 6) is -2.14. The zero-order valence-electron chi connectivity index (χ0n) is 17.3. The topological polar surface area (TPSA) is 154 Å². The minimum atomic E-state index is -1.61. The van der Waals surface area contributed by atoms with Gasteiger partial charge in [0.25, 0.3) is 0 Å². The second kappa shape index (κ2) is 11.1. The number of aliphatic hydroxyl groups excluding tert-OH is 4. The third-order valence-electron chi connectivity index (χ3n) is 4.91. The molecule has 5 atom stereocenters. The summed E-state index contributed by atoms with van der Waals surface area (Å²) < 4.78 is 10.8. The van der Waals surface area contributed by atoms with Gasteiger partial charge in [0, 0.05) is 12.0 Å². The molecular formula is C22H28O9. The van der Waals surface area contributed by atoms with E-state index in [9.17, 15) is 30.0 Å². The first-order valence-corrected chi connectivity index (χ1v) is 9.88. The quantitative estimate of drug-likeness (QED) is 0.426. The summed E-state index contributed by atoms with van der Waals surface area (Å²) in [5, 5.41) is 48.9. The van der Waals surface area contributed by atoms with Crippen molar-refractivity contribution in [2.45, 2.75) is 44.7 Å². The van der Waals surface area contributed by atoms with Crippen molar-refractivity contribution in [3.05, 3.63) is 41.5 Å². The summed E-state index contributed by atoms with van der Waals surface area (Å²) in [5.41, 5.74) is 0.0801. The number of cyclic esters (lactones) is 1. The molecule has 0 spiro atoms. The van der Waals surface area contributed by atoms with Crippen LogP contribution in [0, 0.1) is 5.92 Å². The lowest BCUT2D eigenvalue weighted by Gasteiger charge is -2.20. The highest BCUT2D eigenvalue weighted by molar-refractivity contribution is 5.97. The van der Waals surface area contributed by atoms with Crippen molar-refractivity contribution >= 4 is 17.8 Å². The van der Waals surface area contributed by atoms with E-state index in [-0.39, 0.29) is 35.8 Å². The van der Waals surface area contributed by atoms with E-state index in [1.54, 1.807) is 13.8 Å². The van der Waals surface area contributed by atoms with Gasteiger partial charge in [-0.1, -0.05) is 25.2 Å². The molecule has 1 aromatic rings. The summed E-state index contributed by atoms with van der Waals surface area (Å²) in [6, 6.07) is 2.61. The summed E-state index contributed by atoms with van der Waals surface area (Å²) in [4.78, 5) is 24.8. The van der Waals surface area contributed by atoms with Gasteiger partial charge < -0.3 is 35.0 Å². The number of carbonyl (C=O) groups is 2. The van der Waals surface area contributed by atoms with Crippen LogP contribution in [0.3, 0.4) is 0 Å². The van der Waals surface area contributed by atoms with Crippen molar-refractivity contribution < 1.29 is 44.6 Å². The van der Waals surface area contributed by atoms with Gasteiger partial charge in [0.1, 0.15) is 42.0 Å². The Balaban J connectivity index is 2.44. The van der Waals surface area contributed by atoms with Gasteiger partial charge in [-0.05, 0) is 31.1 Å². The Labute approximate surface area is 179 Å². The molecule has 0 amide bonds. The van der Waals surface area contributed by atoms with Crippen LogP contribution in [0.25, 0.3) is 6.08 Å².